The van der Waals surface area contributed by atoms with Crippen molar-refractivity contribution < 1.29 is 14.2 Å². The Kier molecular flexibility index (Phi) is 8.84. The van der Waals surface area contributed by atoms with E-state index >= 15 is 0 Å². The van der Waals surface area contributed by atoms with Crippen LogP contribution in [0.3, 0.4) is 0 Å². The summed E-state index contributed by atoms with van der Waals surface area (Å²) in [5.41, 5.74) is 0. The zero-order chi connectivity index (χ0) is 17.2. The van der Waals surface area contributed by atoms with Crippen LogP contribution in [0, 0.1) is 5.92 Å². The van der Waals surface area contributed by atoms with E-state index in [1.807, 2.05) is 0 Å². The Bertz CT molecular complexity index is 371. The molecule has 0 aliphatic carbocycles. The van der Waals surface area contributed by atoms with Crippen molar-refractivity contribution in [3.63, 3.8) is 0 Å². The fraction of sp³-hybridized carbons (Fsp3) is 0.944. The van der Waals surface area contributed by atoms with Gasteiger partial charge in [0.1, 0.15) is 6.10 Å². The Labute approximate surface area is 146 Å². The highest BCUT2D eigenvalue weighted by Gasteiger charge is 2.32. The van der Waals surface area contributed by atoms with Crippen molar-refractivity contribution in [2.45, 2.75) is 52.2 Å². The summed E-state index contributed by atoms with van der Waals surface area (Å²) in [7, 11) is 0. The molecule has 2 aliphatic rings. The highest BCUT2D eigenvalue weighted by atomic mass is 16.5. The van der Waals surface area contributed by atoms with E-state index in [4.69, 9.17) is 19.2 Å². The molecule has 0 aromatic carbocycles. The molecule has 2 atom stereocenters. The molecule has 2 heterocycles. The maximum atomic E-state index is 5.93. The Morgan fingerprint density at radius 3 is 2.83 bits per heavy atom. The van der Waals surface area contributed by atoms with Crippen LogP contribution in [0.15, 0.2) is 4.99 Å². The lowest BCUT2D eigenvalue weighted by molar-refractivity contribution is -0.0817. The molecule has 0 saturated carbocycles. The summed E-state index contributed by atoms with van der Waals surface area (Å²) in [4.78, 5) is 7.08. The van der Waals surface area contributed by atoms with E-state index in [1.165, 1.54) is 0 Å². The van der Waals surface area contributed by atoms with E-state index < -0.39 is 0 Å². The van der Waals surface area contributed by atoms with E-state index in [0.717, 1.165) is 77.8 Å². The fourth-order valence-electron chi connectivity index (χ4n) is 3.08. The monoisotopic (exact) mass is 341 g/mol. The van der Waals surface area contributed by atoms with Gasteiger partial charge in [-0.1, -0.05) is 13.8 Å². The summed E-state index contributed by atoms with van der Waals surface area (Å²) in [6.07, 6.45) is 3.63. The van der Waals surface area contributed by atoms with Crippen molar-refractivity contribution in [1.82, 2.24) is 10.2 Å². The summed E-state index contributed by atoms with van der Waals surface area (Å²) in [6, 6.07) is 0. The number of morpholine rings is 1. The lowest BCUT2D eigenvalue weighted by Crippen LogP contribution is -2.53. The van der Waals surface area contributed by atoms with Crippen LogP contribution in [0.2, 0.25) is 0 Å². The van der Waals surface area contributed by atoms with Crippen LogP contribution in [0.4, 0.5) is 0 Å². The van der Waals surface area contributed by atoms with Crippen LogP contribution < -0.4 is 5.32 Å². The highest BCUT2D eigenvalue weighted by molar-refractivity contribution is 5.80. The van der Waals surface area contributed by atoms with Gasteiger partial charge in [0, 0.05) is 46.0 Å². The molecule has 0 aromatic heterocycles. The van der Waals surface area contributed by atoms with Gasteiger partial charge < -0.3 is 24.4 Å². The summed E-state index contributed by atoms with van der Waals surface area (Å²) < 4.78 is 17.4. The summed E-state index contributed by atoms with van der Waals surface area (Å²) in [5.74, 6) is 1.58. The van der Waals surface area contributed by atoms with Gasteiger partial charge in [-0.25, -0.2) is 0 Å². The number of hydrogen-bond acceptors (Lipinski definition) is 4. The van der Waals surface area contributed by atoms with E-state index in [1.54, 1.807) is 0 Å². The molecule has 0 bridgehead atoms. The fourth-order valence-corrected chi connectivity index (χ4v) is 3.08. The first-order valence-corrected chi connectivity index (χ1v) is 9.55. The zero-order valence-electron chi connectivity index (χ0n) is 15.6. The van der Waals surface area contributed by atoms with Crippen molar-refractivity contribution in [2.75, 3.05) is 52.6 Å². The number of rotatable bonds is 8. The van der Waals surface area contributed by atoms with E-state index in [9.17, 15) is 0 Å². The number of nitrogens with zero attached hydrogens (tertiary/aromatic N) is 2. The maximum absolute atomic E-state index is 5.93. The molecule has 2 fully saturated rings. The van der Waals surface area contributed by atoms with Crippen molar-refractivity contribution in [3.05, 3.63) is 0 Å². The molecule has 1 N–H and O–H groups in total. The van der Waals surface area contributed by atoms with Crippen molar-refractivity contribution in [3.8, 4) is 0 Å². The van der Waals surface area contributed by atoms with Gasteiger partial charge in [0.05, 0.1) is 12.7 Å². The van der Waals surface area contributed by atoms with Gasteiger partial charge >= 0.3 is 0 Å². The second-order valence-electron chi connectivity index (χ2n) is 6.96. The summed E-state index contributed by atoms with van der Waals surface area (Å²) in [6.45, 7) is 13.1. The van der Waals surface area contributed by atoms with Gasteiger partial charge in [0.25, 0.3) is 0 Å². The van der Waals surface area contributed by atoms with Crippen molar-refractivity contribution in [1.29, 1.82) is 0 Å². The predicted octanol–water partition coefficient (Wildman–Crippen LogP) is 1.89. The second kappa shape index (κ2) is 10.9. The second-order valence-corrected chi connectivity index (χ2v) is 6.96. The first-order chi connectivity index (χ1) is 11.7. The molecule has 2 aliphatic heterocycles. The van der Waals surface area contributed by atoms with Crippen LogP contribution in [-0.2, 0) is 14.2 Å². The molecule has 140 valence electrons. The van der Waals surface area contributed by atoms with E-state index in [0.29, 0.717) is 5.92 Å². The molecule has 2 unspecified atom stereocenters. The third-order valence-corrected chi connectivity index (χ3v) is 4.27. The molecule has 0 aromatic rings. The number of hydrogen-bond donors (Lipinski definition) is 1. The zero-order valence-corrected chi connectivity index (χ0v) is 15.6. The van der Waals surface area contributed by atoms with Crippen molar-refractivity contribution >= 4 is 5.96 Å². The molecular weight excluding hydrogens is 306 g/mol. The number of nitrogens with one attached hydrogen (secondary N) is 1. The highest BCUT2D eigenvalue weighted by Crippen LogP contribution is 2.21. The molecular formula is C18H35N3O3. The molecule has 2 saturated heterocycles. The molecule has 0 amide bonds. The Morgan fingerprint density at radius 1 is 1.29 bits per heavy atom. The van der Waals surface area contributed by atoms with Gasteiger partial charge in [-0.3, -0.25) is 4.99 Å². The molecule has 0 radical (unpaired) electrons. The lowest BCUT2D eigenvalue weighted by Gasteiger charge is -2.37. The molecule has 6 heteroatoms. The lowest BCUT2D eigenvalue weighted by atomic mass is 10.1. The summed E-state index contributed by atoms with van der Waals surface area (Å²) >= 11 is 0. The minimum Gasteiger partial charge on any atom is -0.381 e. The normalized spacial score (nSPS) is 25.5. The molecule has 2 rings (SSSR count). The van der Waals surface area contributed by atoms with Crippen LogP contribution >= 0.6 is 0 Å². The number of aliphatic imine (C=N–C) groups is 1. The quantitative estimate of drug-likeness (QED) is 0.415. The van der Waals surface area contributed by atoms with Gasteiger partial charge in [-0.15, -0.1) is 0 Å². The minimum absolute atomic E-state index is 0.166. The average Bonchev–Trinajstić information content (AvgIpc) is 3.11. The molecule has 0 spiro atoms. The van der Waals surface area contributed by atoms with Crippen LogP contribution in [0.1, 0.15) is 40.0 Å². The summed E-state index contributed by atoms with van der Waals surface area (Å²) in [5, 5.41) is 3.41. The standard InChI is InChI=1S/C18H35N3O3/c1-4-19-18(20-8-6-10-22-14-15(2)3)21-9-12-24-17(13-21)16-7-5-11-23-16/h15-17H,4-14H2,1-3H3,(H,19,20). The SMILES string of the molecule is CCNC(=NCCCOCC(C)C)N1CCOC(C2CCCO2)C1. The average molecular weight is 341 g/mol. The van der Waals surface area contributed by atoms with Crippen LogP contribution in [0.25, 0.3) is 0 Å². The molecule has 24 heavy (non-hydrogen) atoms. The molecule has 6 nitrogen and oxygen atoms in total. The van der Waals surface area contributed by atoms with Gasteiger partial charge in [0.15, 0.2) is 5.96 Å². The Hall–Kier alpha value is -0.850. The predicted molar refractivity (Wildman–Crippen MR) is 96.5 cm³/mol. The largest absolute Gasteiger partial charge is 0.381 e. The first kappa shape index (κ1) is 19.5. The smallest absolute Gasteiger partial charge is 0.194 e. The van der Waals surface area contributed by atoms with Gasteiger partial charge in [-0.2, -0.15) is 0 Å². The number of guanidine groups is 1. The van der Waals surface area contributed by atoms with Crippen LogP contribution in [0.5, 0.6) is 0 Å². The van der Waals surface area contributed by atoms with E-state index in [-0.39, 0.29) is 12.2 Å². The topological polar surface area (TPSA) is 55.3 Å². The van der Waals surface area contributed by atoms with Crippen LogP contribution in [-0.4, -0.2) is 75.7 Å². The minimum atomic E-state index is 0.166. The Balaban J connectivity index is 1.78. The Morgan fingerprint density at radius 2 is 2.12 bits per heavy atom. The van der Waals surface area contributed by atoms with Gasteiger partial charge in [0.2, 0.25) is 0 Å². The third-order valence-electron chi connectivity index (χ3n) is 4.27. The number of ether oxygens (including phenoxy) is 3. The van der Waals surface area contributed by atoms with Crippen molar-refractivity contribution in [2.24, 2.45) is 10.9 Å². The van der Waals surface area contributed by atoms with E-state index in [2.05, 4.69) is 31.0 Å². The maximum Gasteiger partial charge on any atom is 0.194 e. The van der Waals surface area contributed by atoms with Gasteiger partial charge in [-0.05, 0) is 32.1 Å². The first-order valence-electron chi connectivity index (χ1n) is 9.55. The third kappa shape index (κ3) is 6.57.